The molecule has 0 saturated heterocycles. The first-order valence-corrected chi connectivity index (χ1v) is 7.61. The summed E-state index contributed by atoms with van der Waals surface area (Å²) in [7, 11) is 0. The second-order valence-electron chi connectivity index (χ2n) is 4.83. The van der Waals surface area contributed by atoms with Gasteiger partial charge in [0.05, 0.1) is 5.69 Å². The maximum Gasteiger partial charge on any atom is 0.315 e. The molecule has 1 N–H and O–H groups in total. The van der Waals surface area contributed by atoms with Gasteiger partial charge in [-0.1, -0.05) is 28.1 Å². The van der Waals surface area contributed by atoms with Crippen molar-refractivity contribution < 1.29 is 9.90 Å². The molecule has 98 valence electrons. The van der Waals surface area contributed by atoms with Gasteiger partial charge in [-0.2, -0.15) is 0 Å². The Labute approximate surface area is 123 Å². The van der Waals surface area contributed by atoms with Gasteiger partial charge in [-0.3, -0.25) is 4.79 Å². The summed E-state index contributed by atoms with van der Waals surface area (Å²) >= 11 is 4.95. The van der Waals surface area contributed by atoms with E-state index in [1.807, 2.05) is 31.2 Å². The van der Waals surface area contributed by atoms with Crippen LogP contribution in [0.15, 0.2) is 28.7 Å². The zero-order valence-corrected chi connectivity index (χ0v) is 12.7. The predicted octanol–water partition coefficient (Wildman–Crippen LogP) is 4.00. The fourth-order valence-corrected chi connectivity index (χ4v) is 3.95. The van der Waals surface area contributed by atoms with Gasteiger partial charge >= 0.3 is 5.97 Å². The highest BCUT2D eigenvalue weighted by molar-refractivity contribution is 9.10. The fourth-order valence-electron chi connectivity index (χ4n) is 2.25. The molecule has 1 aliphatic carbocycles. The highest BCUT2D eigenvalue weighted by Gasteiger charge is 2.54. The van der Waals surface area contributed by atoms with Crippen LogP contribution in [0.25, 0.3) is 10.6 Å². The Morgan fingerprint density at radius 2 is 2.21 bits per heavy atom. The highest BCUT2D eigenvalue weighted by Crippen LogP contribution is 2.52. The lowest BCUT2D eigenvalue weighted by Crippen LogP contribution is -2.18. The van der Waals surface area contributed by atoms with Crippen LogP contribution < -0.4 is 0 Å². The van der Waals surface area contributed by atoms with Crippen LogP contribution in [0.5, 0.6) is 0 Å². The van der Waals surface area contributed by atoms with Crippen molar-refractivity contribution in [2.24, 2.45) is 0 Å². The third kappa shape index (κ3) is 2.11. The number of halogens is 1. The molecule has 1 aromatic carbocycles. The molecule has 1 aromatic heterocycles. The van der Waals surface area contributed by atoms with Gasteiger partial charge in [0, 0.05) is 14.9 Å². The minimum atomic E-state index is -0.722. The molecule has 0 bridgehead atoms. The number of hydrogen-bond acceptors (Lipinski definition) is 3. The van der Waals surface area contributed by atoms with E-state index in [1.54, 1.807) is 0 Å². The second-order valence-corrected chi connectivity index (χ2v) is 6.75. The maximum absolute atomic E-state index is 11.4. The summed E-state index contributed by atoms with van der Waals surface area (Å²) in [5.74, 6) is -0.722. The number of nitrogens with zero attached hydrogens (tertiary/aromatic N) is 1. The van der Waals surface area contributed by atoms with E-state index in [-0.39, 0.29) is 0 Å². The summed E-state index contributed by atoms with van der Waals surface area (Å²) in [6.07, 6.45) is 1.45. The van der Waals surface area contributed by atoms with Crippen molar-refractivity contribution in [3.63, 3.8) is 0 Å². The van der Waals surface area contributed by atoms with Crippen molar-refractivity contribution in [3.05, 3.63) is 39.3 Å². The van der Waals surface area contributed by atoms with Crippen LogP contribution in [-0.2, 0) is 10.2 Å². The normalized spacial score (nSPS) is 16.3. The molecule has 0 spiro atoms. The number of benzene rings is 1. The lowest BCUT2D eigenvalue weighted by molar-refractivity contribution is -0.139. The van der Waals surface area contributed by atoms with Crippen molar-refractivity contribution in [2.45, 2.75) is 25.2 Å². The third-order valence-corrected chi connectivity index (χ3v) is 5.37. The average molecular weight is 338 g/mol. The molecule has 0 amide bonds. The lowest BCUT2D eigenvalue weighted by Gasteiger charge is -2.06. The van der Waals surface area contributed by atoms with Crippen LogP contribution in [-0.4, -0.2) is 16.1 Å². The van der Waals surface area contributed by atoms with E-state index in [0.717, 1.165) is 38.5 Å². The van der Waals surface area contributed by atoms with E-state index in [4.69, 9.17) is 0 Å². The van der Waals surface area contributed by atoms with Gasteiger partial charge in [0.1, 0.15) is 10.4 Å². The number of aromatic nitrogens is 1. The Morgan fingerprint density at radius 3 is 2.79 bits per heavy atom. The monoisotopic (exact) mass is 337 g/mol. The predicted molar refractivity (Wildman–Crippen MR) is 78.5 cm³/mol. The fraction of sp³-hybridized carbons (Fsp3) is 0.286. The quantitative estimate of drug-likeness (QED) is 0.920. The molecule has 0 radical (unpaired) electrons. The number of hydrogen-bond donors (Lipinski definition) is 1. The Bertz CT molecular complexity index is 661. The summed E-state index contributed by atoms with van der Waals surface area (Å²) in [5, 5.41) is 10.3. The van der Waals surface area contributed by atoms with E-state index in [1.165, 1.54) is 11.3 Å². The van der Waals surface area contributed by atoms with Crippen molar-refractivity contribution in [1.82, 2.24) is 4.98 Å². The van der Waals surface area contributed by atoms with Crippen LogP contribution >= 0.6 is 27.3 Å². The minimum absolute atomic E-state index is 0.661. The first-order chi connectivity index (χ1) is 9.03. The number of carboxylic acid groups (broad SMARTS) is 1. The smallest absolute Gasteiger partial charge is 0.315 e. The Kier molecular flexibility index (Phi) is 2.98. The Morgan fingerprint density at radius 1 is 1.47 bits per heavy atom. The minimum Gasteiger partial charge on any atom is -0.481 e. The molecule has 19 heavy (non-hydrogen) atoms. The van der Waals surface area contributed by atoms with Gasteiger partial charge in [-0.25, -0.2) is 4.98 Å². The standard InChI is InChI=1S/C14H12BrNO2S/c1-8-11(14(5-6-14)13(17)18)19-12(16-8)9-3-2-4-10(15)7-9/h2-4,7H,5-6H2,1H3,(H,17,18). The molecule has 0 aliphatic heterocycles. The van der Waals surface area contributed by atoms with Gasteiger partial charge in [-0.15, -0.1) is 11.3 Å². The summed E-state index contributed by atoms with van der Waals surface area (Å²) < 4.78 is 0.999. The maximum atomic E-state index is 11.4. The largest absolute Gasteiger partial charge is 0.481 e. The van der Waals surface area contributed by atoms with Gasteiger partial charge in [0.2, 0.25) is 0 Å². The van der Waals surface area contributed by atoms with Gasteiger partial charge in [0.15, 0.2) is 0 Å². The van der Waals surface area contributed by atoms with Crippen LogP contribution in [0.1, 0.15) is 23.4 Å². The molecule has 5 heteroatoms. The molecule has 0 atom stereocenters. The average Bonchev–Trinajstić information content (AvgIpc) is 3.08. The summed E-state index contributed by atoms with van der Waals surface area (Å²) in [6, 6.07) is 7.92. The summed E-state index contributed by atoms with van der Waals surface area (Å²) in [4.78, 5) is 16.9. The van der Waals surface area contributed by atoms with Crippen LogP contribution in [0.2, 0.25) is 0 Å². The molecule has 2 aromatic rings. The SMILES string of the molecule is Cc1nc(-c2cccc(Br)c2)sc1C1(C(=O)O)CC1. The topological polar surface area (TPSA) is 50.2 Å². The van der Waals surface area contributed by atoms with Gasteiger partial charge in [0.25, 0.3) is 0 Å². The zero-order valence-electron chi connectivity index (χ0n) is 10.3. The number of aryl methyl sites for hydroxylation is 1. The van der Waals surface area contributed by atoms with Crippen LogP contribution in [0.3, 0.4) is 0 Å². The van der Waals surface area contributed by atoms with Crippen molar-refractivity contribution in [3.8, 4) is 10.6 Å². The molecule has 1 saturated carbocycles. The van der Waals surface area contributed by atoms with E-state index in [9.17, 15) is 9.90 Å². The van der Waals surface area contributed by atoms with Gasteiger partial charge < -0.3 is 5.11 Å². The molecular weight excluding hydrogens is 326 g/mol. The second kappa shape index (κ2) is 4.42. The molecule has 1 heterocycles. The molecule has 3 nitrogen and oxygen atoms in total. The van der Waals surface area contributed by atoms with Gasteiger partial charge in [-0.05, 0) is 31.9 Å². The molecule has 0 unspecified atom stereocenters. The van der Waals surface area contributed by atoms with Crippen molar-refractivity contribution in [2.75, 3.05) is 0 Å². The molecule has 1 aliphatic rings. The van der Waals surface area contributed by atoms with Crippen molar-refractivity contribution >= 4 is 33.2 Å². The van der Waals surface area contributed by atoms with Crippen LogP contribution in [0, 0.1) is 6.92 Å². The zero-order chi connectivity index (χ0) is 13.6. The lowest BCUT2D eigenvalue weighted by atomic mass is 10.0. The first kappa shape index (κ1) is 12.8. The van der Waals surface area contributed by atoms with Crippen LogP contribution in [0.4, 0.5) is 0 Å². The summed E-state index contributed by atoms with van der Waals surface area (Å²) in [6.45, 7) is 1.90. The molecule has 1 fully saturated rings. The number of aliphatic carboxylic acids is 1. The third-order valence-electron chi connectivity index (χ3n) is 3.46. The Balaban J connectivity index is 2.05. The molecule has 3 rings (SSSR count). The van der Waals surface area contributed by atoms with E-state index >= 15 is 0 Å². The number of carboxylic acids is 1. The first-order valence-electron chi connectivity index (χ1n) is 6.00. The molecular formula is C14H12BrNO2S. The number of carbonyl (C=O) groups is 1. The highest BCUT2D eigenvalue weighted by atomic mass is 79.9. The number of rotatable bonds is 3. The summed E-state index contributed by atoms with van der Waals surface area (Å²) in [5.41, 5.74) is 1.21. The van der Waals surface area contributed by atoms with E-state index in [2.05, 4.69) is 20.9 Å². The Hall–Kier alpha value is -1.20. The van der Waals surface area contributed by atoms with Crippen molar-refractivity contribution in [1.29, 1.82) is 0 Å². The van der Waals surface area contributed by atoms with E-state index in [0.29, 0.717) is 0 Å². The number of thiazole rings is 1. The van der Waals surface area contributed by atoms with E-state index < -0.39 is 11.4 Å².